The molecular weight excluding hydrogens is 314 g/mol. The van der Waals surface area contributed by atoms with Crippen LogP contribution in [0.2, 0.25) is 0 Å². The highest BCUT2D eigenvalue weighted by Gasteiger charge is 2.13. The van der Waals surface area contributed by atoms with Gasteiger partial charge in [0.15, 0.2) is 11.5 Å². The molecule has 5 nitrogen and oxygen atoms in total. The van der Waals surface area contributed by atoms with Gasteiger partial charge in [0, 0.05) is 18.3 Å². The molecule has 0 aliphatic rings. The maximum Gasteiger partial charge on any atom is 0.221 e. The zero-order chi connectivity index (χ0) is 14.3. The number of ether oxygens (including phenoxy) is 3. The molecule has 0 aliphatic heterocycles. The van der Waals surface area contributed by atoms with Gasteiger partial charge in [-0.1, -0.05) is 15.9 Å². The Morgan fingerprint density at radius 3 is 2.16 bits per heavy atom. The molecule has 0 aliphatic carbocycles. The molecule has 0 heterocycles. The first-order valence-electron chi connectivity index (χ1n) is 5.77. The molecule has 19 heavy (non-hydrogen) atoms. The lowest BCUT2D eigenvalue weighted by molar-refractivity contribution is -0.120. The van der Waals surface area contributed by atoms with Crippen LogP contribution in [-0.4, -0.2) is 32.6 Å². The molecule has 0 saturated carbocycles. The van der Waals surface area contributed by atoms with E-state index in [-0.39, 0.29) is 5.91 Å². The van der Waals surface area contributed by atoms with E-state index in [9.17, 15) is 4.79 Å². The van der Waals surface area contributed by atoms with E-state index in [0.29, 0.717) is 35.5 Å². The summed E-state index contributed by atoms with van der Waals surface area (Å²) in [6.07, 6.45) is 0.449. The Labute approximate surface area is 121 Å². The average Bonchev–Trinajstić information content (AvgIpc) is 2.44. The SMILES string of the molecule is COc1cc(CNC(=O)CCBr)cc(OC)c1OC. The van der Waals surface area contributed by atoms with Crippen LogP contribution in [0.5, 0.6) is 17.2 Å². The Kier molecular flexibility index (Phi) is 6.49. The number of hydrogen-bond donors (Lipinski definition) is 1. The van der Waals surface area contributed by atoms with Crippen LogP contribution < -0.4 is 19.5 Å². The molecule has 0 spiro atoms. The van der Waals surface area contributed by atoms with Crippen molar-refractivity contribution in [2.45, 2.75) is 13.0 Å². The lowest BCUT2D eigenvalue weighted by atomic mass is 10.1. The zero-order valence-electron chi connectivity index (χ0n) is 11.3. The van der Waals surface area contributed by atoms with E-state index in [1.807, 2.05) is 12.1 Å². The van der Waals surface area contributed by atoms with Crippen molar-refractivity contribution in [3.63, 3.8) is 0 Å². The fourth-order valence-corrected chi connectivity index (χ4v) is 1.97. The predicted molar refractivity (Wildman–Crippen MR) is 76.4 cm³/mol. The fourth-order valence-electron chi connectivity index (χ4n) is 1.61. The van der Waals surface area contributed by atoms with Crippen LogP contribution in [0.4, 0.5) is 0 Å². The van der Waals surface area contributed by atoms with Crippen LogP contribution in [0.3, 0.4) is 0 Å². The molecule has 1 aromatic carbocycles. The number of benzene rings is 1. The van der Waals surface area contributed by atoms with Gasteiger partial charge in [-0.25, -0.2) is 0 Å². The van der Waals surface area contributed by atoms with Crippen molar-refractivity contribution in [2.75, 3.05) is 26.7 Å². The molecule has 0 aromatic heterocycles. The summed E-state index contributed by atoms with van der Waals surface area (Å²) in [7, 11) is 4.67. The van der Waals surface area contributed by atoms with Crippen LogP contribution in [0.1, 0.15) is 12.0 Å². The summed E-state index contributed by atoms with van der Waals surface area (Å²) < 4.78 is 15.7. The third-order valence-electron chi connectivity index (χ3n) is 2.54. The van der Waals surface area contributed by atoms with Gasteiger partial charge < -0.3 is 19.5 Å². The smallest absolute Gasteiger partial charge is 0.221 e. The summed E-state index contributed by atoms with van der Waals surface area (Å²) in [5.74, 6) is 1.68. The first kappa shape index (κ1) is 15.6. The van der Waals surface area contributed by atoms with Crippen molar-refractivity contribution >= 4 is 21.8 Å². The molecule has 1 rings (SSSR count). The standard InChI is InChI=1S/C13H18BrNO4/c1-17-10-6-9(8-15-12(16)4-5-14)7-11(18-2)13(10)19-3/h6-7H,4-5,8H2,1-3H3,(H,15,16). The molecule has 6 heteroatoms. The number of carbonyl (C=O) groups is 1. The van der Waals surface area contributed by atoms with Crippen LogP contribution in [0, 0.1) is 0 Å². The second kappa shape index (κ2) is 7.89. The highest BCUT2D eigenvalue weighted by molar-refractivity contribution is 9.09. The minimum atomic E-state index is -0.00868. The maximum absolute atomic E-state index is 11.4. The van der Waals surface area contributed by atoms with Gasteiger partial charge in [0.05, 0.1) is 21.3 Å². The molecule has 0 saturated heterocycles. The lowest BCUT2D eigenvalue weighted by Crippen LogP contribution is -2.22. The summed E-state index contributed by atoms with van der Waals surface area (Å²) in [6.45, 7) is 0.419. The van der Waals surface area contributed by atoms with Crippen molar-refractivity contribution < 1.29 is 19.0 Å². The first-order valence-corrected chi connectivity index (χ1v) is 6.90. The van der Waals surface area contributed by atoms with Gasteiger partial charge in [-0.3, -0.25) is 4.79 Å². The van der Waals surface area contributed by atoms with Gasteiger partial charge in [0.25, 0.3) is 0 Å². The molecule has 0 fully saturated rings. The zero-order valence-corrected chi connectivity index (χ0v) is 12.9. The summed E-state index contributed by atoms with van der Waals surface area (Å²) >= 11 is 3.22. The normalized spacial score (nSPS) is 9.89. The van der Waals surface area contributed by atoms with Crippen molar-refractivity contribution in [1.29, 1.82) is 0 Å². The lowest BCUT2D eigenvalue weighted by Gasteiger charge is -2.14. The number of halogens is 1. The third kappa shape index (κ3) is 4.31. The van der Waals surface area contributed by atoms with E-state index in [1.54, 1.807) is 21.3 Å². The highest BCUT2D eigenvalue weighted by Crippen LogP contribution is 2.38. The second-order valence-electron chi connectivity index (χ2n) is 3.75. The number of nitrogens with one attached hydrogen (secondary N) is 1. The van der Waals surface area contributed by atoms with Crippen molar-refractivity contribution in [3.8, 4) is 17.2 Å². The largest absolute Gasteiger partial charge is 0.493 e. The predicted octanol–water partition coefficient (Wildman–Crippen LogP) is 2.11. The van der Waals surface area contributed by atoms with Gasteiger partial charge in [-0.05, 0) is 17.7 Å². The Morgan fingerprint density at radius 2 is 1.74 bits per heavy atom. The quantitative estimate of drug-likeness (QED) is 0.777. The van der Waals surface area contributed by atoms with Gasteiger partial charge in [-0.15, -0.1) is 0 Å². The number of rotatable bonds is 7. The topological polar surface area (TPSA) is 56.8 Å². The first-order chi connectivity index (χ1) is 9.15. The van der Waals surface area contributed by atoms with Crippen LogP contribution in [0.15, 0.2) is 12.1 Å². The Bertz CT molecular complexity index is 412. The summed E-state index contributed by atoms with van der Waals surface area (Å²) in [5, 5.41) is 3.47. The minimum absolute atomic E-state index is 0.00868. The van der Waals surface area contributed by atoms with Crippen LogP contribution >= 0.6 is 15.9 Å². The van der Waals surface area contributed by atoms with Crippen molar-refractivity contribution in [3.05, 3.63) is 17.7 Å². The van der Waals surface area contributed by atoms with Crippen molar-refractivity contribution in [1.82, 2.24) is 5.32 Å². The molecule has 0 unspecified atom stereocenters. The molecule has 0 atom stereocenters. The van der Waals surface area contributed by atoms with Gasteiger partial charge in [0.1, 0.15) is 0 Å². The van der Waals surface area contributed by atoms with E-state index in [0.717, 1.165) is 5.56 Å². The van der Waals surface area contributed by atoms with Crippen LogP contribution in [0.25, 0.3) is 0 Å². The molecular formula is C13H18BrNO4. The maximum atomic E-state index is 11.4. The van der Waals surface area contributed by atoms with Crippen molar-refractivity contribution in [2.24, 2.45) is 0 Å². The van der Waals surface area contributed by atoms with E-state index < -0.39 is 0 Å². The van der Waals surface area contributed by atoms with Gasteiger partial charge >= 0.3 is 0 Å². The third-order valence-corrected chi connectivity index (χ3v) is 2.93. The molecule has 1 aromatic rings. The van der Waals surface area contributed by atoms with Gasteiger partial charge in [0.2, 0.25) is 11.7 Å². The second-order valence-corrected chi connectivity index (χ2v) is 4.54. The monoisotopic (exact) mass is 331 g/mol. The van der Waals surface area contributed by atoms with E-state index in [4.69, 9.17) is 14.2 Å². The number of amides is 1. The van der Waals surface area contributed by atoms with Gasteiger partial charge in [-0.2, -0.15) is 0 Å². The molecule has 0 bridgehead atoms. The van der Waals surface area contributed by atoms with E-state index in [1.165, 1.54) is 0 Å². The number of carbonyl (C=O) groups excluding carboxylic acids is 1. The summed E-state index contributed by atoms with van der Waals surface area (Å²) in [4.78, 5) is 11.4. The van der Waals surface area contributed by atoms with E-state index >= 15 is 0 Å². The molecule has 1 N–H and O–H groups in total. The summed E-state index contributed by atoms with van der Waals surface area (Å²) in [5.41, 5.74) is 0.887. The minimum Gasteiger partial charge on any atom is -0.493 e. The Hall–Kier alpha value is -1.43. The highest BCUT2D eigenvalue weighted by atomic mass is 79.9. The summed E-state index contributed by atoms with van der Waals surface area (Å²) in [6, 6.07) is 3.63. The molecule has 1 amide bonds. The van der Waals surface area contributed by atoms with Crippen LogP contribution in [-0.2, 0) is 11.3 Å². The fraction of sp³-hybridized carbons (Fsp3) is 0.462. The molecule has 106 valence electrons. The average molecular weight is 332 g/mol. The Balaban J connectivity index is 2.87. The Morgan fingerprint density at radius 1 is 1.16 bits per heavy atom. The number of hydrogen-bond acceptors (Lipinski definition) is 4. The number of alkyl halides is 1. The molecule has 0 radical (unpaired) electrons. The van der Waals surface area contributed by atoms with E-state index in [2.05, 4.69) is 21.2 Å². The number of methoxy groups -OCH3 is 3.